The molecule has 1 saturated heterocycles. The smallest absolute Gasteiger partial charge is 0.336 e. The second-order valence-electron chi connectivity index (χ2n) is 6.83. The summed E-state index contributed by atoms with van der Waals surface area (Å²) in [5.41, 5.74) is -0.696. The Morgan fingerprint density at radius 3 is 1.67 bits per heavy atom. The number of hydrogen-bond acceptors (Lipinski definition) is 1. The van der Waals surface area contributed by atoms with Crippen LogP contribution in [0.3, 0.4) is 0 Å². The van der Waals surface area contributed by atoms with Crippen molar-refractivity contribution in [3.05, 3.63) is 47.5 Å². The Bertz CT molecular complexity index is 923. The van der Waals surface area contributed by atoms with Gasteiger partial charge in [0, 0.05) is 34.4 Å². The lowest BCUT2D eigenvalue weighted by molar-refractivity contribution is -0.138. The van der Waals surface area contributed by atoms with Crippen molar-refractivity contribution < 1.29 is 26.3 Å². The van der Waals surface area contributed by atoms with Crippen molar-refractivity contribution in [3.8, 4) is 0 Å². The highest BCUT2D eigenvalue weighted by atomic mass is 19.4. The Labute approximate surface area is 171 Å². The predicted octanol–water partition coefficient (Wildman–Crippen LogP) is 7.42. The number of piperidine rings is 1. The highest BCUT2D eigenvalue weighted by molar-refractivity contribution is 6.08. The van der Waals surface area contributed by atoms with E-state index in [4.69, 9.17) is 0 Å². The Kier molecular flexibility index (Phi) is 7.12. The van der Waals surface area contributed by atoms with Crippen molar-refractivity contribution in [1.29, 1.82) is 0 Å². The number of nitrogens with one attached hydrogen (secondary N) is 1. The van der Waals surface area contributed by atoms with Crippen LogP contribution in [0.5, 0.6) is 0 Å². The van der Waals surface area contributed by atoms with E-state index in [2.05, 4.69) is 5.32 Å². The first kappa shape index (κ1) is 24.1. The van der Waals surface area contributed by atoms with Crippen molar-refractivity contribution in [3.63, 3.8) is 0 Å². The maximum atomic E-state index is 13.1. The van der Waals surface area contributed by atoms with Crippen LogP contribution in [0.2, 0.25) is 0 Å². The lowest BCUT2D eigenvalue weighted by Crippen LogP contribution is -2.31. The molecule has 1 atom stereocenters. The van der Waals surface area contributed by atoms with Crippen LogP contribution in [-0.4, -0.2) is 17.7 Å². The average Bonchev–Trinajstić information content (AvgIpc) is 3.02. The van der Waals surface area contributed by atoms with Gasteiger partial charge >= 0.3 is 12.4 Å². The van der Waals surface area contributed by atoms with Crippen molar-refractivity contribution in [2.24, 2.45) is 0 Å². The van der Waals surface area contributed by atoms with Crippen molar-refractivity contribution in [2.75, 3.05) is 13.1 Å². The summed E-state index contributed by atoms with van der Waals surface area (Å²) in [5, 5.41) is 3.63. The molecule has 1 N–H and O–H groups in total. The molecule has 3 aromatic rings. The van der Waals surface area contributed by atoms with E-state index in [1.54, 1.807) is 0 Å². The predicted molar refractivity (Wildman–Crippen MR) is 109 cm³/mol. The van der Waals surface area contributed by atoms with Crippen LogP contribution in [0.25, 0.3) is 21.8 Å². The Morgan fingerprint density at radius 1 is 0.833 bits per heavy atom. The van der Waals surface area contributed by atoms with Gasteiger partial charge in [0.05, 0.1) is 11.1 Å². The van der Waals surface area contributed by atoms with E-state index in [9.17, 15) is 26.3 Å². The quantitative estimate of drug-likeness (QED) is 0.396. The molecule has 2 nitrogen and oxygen atoms in total. The molecule has 0 amide bonds. The molecule has 0 saturated carbocycles. The van der Waals surface area contributed by atoms with Crippen molar-refractivity contribution in [1.82, 2.24) is 9.88 Å². The van der Waals surface area contributed by atoms with Crippen LogP contribution >= 0.6 is 0 Å². The van der Waals surface area contributed by atoms with Gasteiger partial charge in [-0.05, 0) is 55.8 Å². The minimum atomic E-state index is -4.56. The summed E-state index contributed by atoms with van der Waals surface area (Å²) in [6, 6.07) is 6.57. The van der Waals surface area contributed by atoms with Gasteiger partial charge in [0.25, 0.3) is 0 Å². The Morgan fingerprint density at radius 2 is 1.30 bits per heavy atom. The zero-order valence-corrected chi connectivity index (χ0v) is 16.1. The number of alkyl halides is 6. The largest absolute Gasteiger partial charge is 0.416 e. The third-order valence-electron chi connectivity index (χ3n) is 5.09. The number of aromatic nitrogens is 1. The summed E-state index contributed by atoms with van der Waals surface area (Å²) in [4.78, 5) is 0. The highest BCUT2D eigenvalue weighted by Gasteiger charge is 2.33. The normalized spacial score (nSPS) is 17.4. The zero-order chi connectivity index (χ0) is 21.4. The standard InChI is InChI=1S/C19H16F6N2.C2H6.CH4/c20-18(21,22)11-3-5-16-14(8-11)15-9-12(19(23,24)25)4-6-17(15)27(16)13-2-1-7-26-10-13;1-2;/h3-6,8-9,13,26H,1-2,7,10H2;1-2H3;1H4. The second-order valence-corrected chi connectivity index (χ2v) is 6.83. The summed E-state index contributed by atoms with van der Waals surface area (Å²) < 4.78 is 80.8. The summed E-state index contributed by atoms with van der Waals surface area (Å²) in [7, 11) is 0. The van der Waals surface area contributed by atoms with Crippen molar-refractivity contribution >= 4 is 21.8 Å². The number of hydrogen-bond donors (Lipinski definition) is 1. The lowest BCUT2D eigenvalue weighted by atomic mass is 10.1. The summed E-state index contributed by atoms with van der Waals surface area (Å²) in [6.07, 6.45) is -7.41. The van der Waals surface area contributed by atoms with Gasteiger partial charge in [-0.15, -0.1) is 0 Å². The minimum Gasteiger partial charge on any atom is -0.336 e. The average molecular weight is 432 g/mol. The molecule has 1 fully saturated rings. The molecule has 1 aromatic heterocycles. The fourth-order valence-corrected chi connectivity index (χ4v) is 3.85. The molecule has 0 radical (unpaired) electrons. The molecule has 30 heavy (non-hydrogen) atoms. The molecule has 166 valence electrons. The van der Waals surface area contributed by atoms with Crippen LogP contribution in [0, 0.1) is 0 Å². The van der Waals surface area contributed by atoms with Crippen LogP contribution in [0.1, 0.15) is 51.3 Å². The number of nitrogens with zero attached hydrogens (tertiary/aromatic N) is 1. The zero-order valence-electron chi connectivity index (χ0n) is 16.1. The van der Waals surface area contributed by atoms with Crippen LogP contribution in [-0.2, 0) is 12.4 Å². The third kappa shape index (κ3) is 4.43. The second kappa shape index (κ2) is 8.88. The summed E-state index contributed by atoms with van der Waals surface area (Å²) in [6.45, 7) is 5.48. The monoisotopic (exact) mass is 432 g/mol. The van der Waals surface area contributed by atoms with E-state index in [0.29, 0.717) is 17.6 Å². The van der Waals surface area contributed by atoms with E-state index >= 15 is 0 Å². The molecular formula is C22H26F6N2. The number of rotatable bonds is 1. The van der Waals surface area contributed by atoms with Gasteiger partial charge in [0.2, 0.25) is 0 Å². The molecule has 1 unspecified atom stereocenters. The fraction of sp³-hybridized carbons (Fsp3) is 0.455. The first-order valence-corrected chi connectivity index (χ1v) is 9.59. The van der Waals surface area contributed by atoms with Crippen LogP contribution in [0.15, 0.2) is 36.4 Å². The fourth-order valence-electron chi connectivity index (χ4n) is 3.85. The molecule has 8 heteroatoms. The molecule has 1 aliphatic heterocycles. The van der Waals surface area contributed by atoms with Gasteiger partial charge in [-0.1, -0.05) is 21.3 Å². The van der Waals surface area contributed by atoms with E-state index in [1.807, 2.05) is 18.4 Å². The van der Waals surface area contributed by atoms with E-state index in [1.165, 1.54) is 12.1 Å². The van der Waals surface area contributed by atoms with Gasteiger partial charge in [0.1, 0.15) is 0 Å². The molecule has 0 spiro atoms. The lowest BCUT2D eigenvalue weighted by Gasteiger charge is -2.26. The van der Waals surface area contributed by atoms with Gasteiger partial charge in [-0.3, -0.25) is 0 Å². The summed E-state index contributed by atoms with van der Waals surface area (Å²) >= 11 is 0. The van der Waals surface area contributed by atoms with Crippen LogP contribution in [0.4, 0.5) is 26.3 Å². The first-order valence-electron chi connectivity index (χ1n) is 9.59. The molecular weight excluding hydrogens is 406 g/mol. The van der Waals surface area contributed by atoms with Gasteiger partial charge in [-0.2, -0.15) is 26.3 Å². The maximum Gasteiger partial charge on any atom is 0.416 e. The minimum absolute atomic E-state index is 0. The van der Waals surface area contributed by atoms with Gasteiger partial charge in [0.15, 0.2) is 0 Å². The molecule has 2 aromatic carbocycles. The molecule has 2 heterocycles. The van der Waals surface area contributed by atoms with E-state index in [-0.39, 0.29) is 24.2 Å². The molecule has 0 bridgehead atoms. The van der Waals surface area contributed by atoms with E-state index in [0.717, 1.165) is 43.7 Å². The highest BCUT2D eigenvalue weighted by Crippen LogP contribution is 2.40. The molecule has 1 aliphatic rings. The topological polar surface area (TPSA) is 17.0 Å². The van der Waals surface area contributed by atoms with Crippen LogP contribution < -0.4 is 5.32 Å². The first-order chi connectivity index (χ1) is 13.7. The Hall–Kier alpha value is -2.22. The molecule has 0 aliphatic carbocycles. The SMILES string of the molecule is C.CC.FC(F)(F)c1ccc2c(c1)c1cc(C(F)(F)F)ccc1n2C1CCCNC1. The van der Waals surface area contributed by atoms with E-state index < -0.39 is 23.5 Å². The molecule has 4 rings (SSSR count). The van der Waals surface area contributed by atoms with Gasteiger partial charge < -0.3 is 9.88 Å². The maximum absolute atomic E-state index is 13.1. The Balaban J connectivity index is 0.00000104. The number of fused-ring (bicyclic) bond motifs is 3. The number of halogens is 6. The van der Waals surface area contributed by atoms with Crippen molar-refractivity contribution in [2.45, 2.75) is 52.5 Å². The third-order valence-corrected chi connectivity index (χ3v) is 5.09. The summed E-state index contributed by atoms with van der Waals surface area (Å²) in [5.74, 6) is 0. The number of benzene rings is 2. The van der Waals surface area contributed by atoms with Gasteiger partial charge in [-0.25, -0.2) is 0 Å².